The molecule has 0 saturated carbocycles. The maximum atomic E-state index is 13.4. The molecule has 0 fully saturated rings. The highest BCUT2D eigenvalue weighted by Gasteiger charge is 2.34. The van der Waals surface area contributed by atoms with Gasteiger partial charge in [0.05, 0.1) is 6.54 Å². The lowest BCUT2D eigenvalue weighted by Crippen LogP contribution is -2.21. The van der Waals surface area contributed by atoms with Gasteiger partial charge in [0.15, 0.2) is 0 Å². The van der Waals surface area contributed by atoms with Crippen molar-refractivity contribution in [1.29, 1.82) is 0 Å². The Hall–Kier alpha value is -3.55. The van der Waals surface area contributed by atoms with Crippen LogP contribution in [-0.4, -0.2) is 15.8 Å². The number of allylic oxidation sites excluding steroid dienone is 1. The number of hydrogen-bond acceptors (Lipinski definition) is 3. The molecule has 8 heteroatoms. The van der Waals surface area contributed by atoms with Crippen molar-refractivity contribution in [1.82, 2.24) is 15.3 Å². The summed E-state index contributed by atoms with van der Waals surface area (Å²) in [4.78, 5) is 11.5. The summed E-state index contributed by atoms with van der Waals surface area (Å²) in [6.07, 6.45) is 3.36. The molecule has 4 nitrogen and oxygen atoms in total. The Morgan fingerprint density at radius 3 is 2.32 bits per heavy atom. The molecule has 0 spiro atoms. The number of rotatable bonds is 7. The molecular formula is C26H26F4N4. The second-order valence-corrected chi connectivity index (χ2v) is 7.89. The lowest BCUT2D eigenvalue weighted by atomic mass is 9.95. The van der Waals surface area contributed by atoms with E-state index in [-0.39, 0.29) is 12.4 Å². The number of halogens is 4. The summed E-state index contributed by atoms with van der Waals surface area (Å²) in [6.45, 7) is 6.14. The van der Waals surface area contributed by atoms with Crippen LogP contribution in [0.3, 0.4) is 0 Å². The molecule has 0 atom stereocenters. The van der Waals surface area contributed by atoms with E-state index in [4.69, 9.17) is 0 Å². The van der Waals surface area contributed by atoms with Crippen LogP contribution >= 0.6 is 0 Å². The minimum Gasteiger partial charge on any atom is -0.347 e. The smallest absolute Gasteiger partial charge is 0.347 e. The molecule has 1 N–H and O–H groups in total. The maximum Gasteiger partial charge on any atom is 0.451 e. The molecule has 2 aromatic carbocycles. The van der Waals surface area contributed by atoms with Crippen LogP contribution < -0.4 is 5.32 Å². The molecule has 0 saturated heterocycles. The number of nitrogens with zero attached hydrogens (tertiary/aromatic N) is 3. The van der Waals surface area contributed by atoms with Gasteiger partial charge in [-0.25, -0.2) is 14.4 Å². The molecule has 3 rings (SSSR count). The zero-order chi connectivity index (χ0) is 24.7. The molecule has 0 amide bonds. The molecule has 0 aliphatic carbocycles. The summed E-state index contributed by atoms with van der Waals surface area (Å²) in [5, 5.41) is 3.22. The molecule has 1 aromatic heterocycles. The van der Waals surface area contributed by atoms with Crippen molar-refractivity contribution in [3.05, 3.63) is 95.0 Å². The van der Waals surface area contributed by atoms with Crippen molar-refractivity contribution in [3.63, 3.8) is 0 Å². The summed E-state index contributed by atoms with van der Waals surface area (Å²) in [6, 6.07) is 10.3. The lowest BCUT2D eigenvalue weighted by Gasteiger charge is -2.15. The van der Waals surface area contributed by atoms with Crippen molar-refractivity contribution in [3.8, 4) is 11.1 Å². The van der Waals surface area contributed by atoms with Gasteiger partial charge in [0, 0.05) is 23.5 Å². The number of unbranched alkanes of at least 4 members (excludes halogenated alkanes) is 1. The SMILES string of the molecule is CCC/C=C/NC(=NCc1cnc(C(F)(F)F)nc1)c1cc(-c2ccc(F)cc2)cc(C)c1C. The van der Waals surface area contributed by atoms with Crippen molar-refractivity contribution in [2.45, 2.75) is 46.3 Å². The standard InChI is InChI=1S/C26H26F4N4/c1-4-5-6-11-31-24(32-14-19-15-33-25(34-16-19)26(28,29)30)23-13-21(12-17(2)18(23)3)20-7-9-22(27)10-8-20/h6-13,15-16H,4-5,14H2,1-3H3,(H,31,32)/b11-6+. The summed E-state index contributed by atoms with van der Waals surface area (Å²) < 4.78 is 51.6. The fraction of sp³-hybridized carbons (Fsp3) is 0.269. The Bertz CT molecular complexity index is 1170. The van der Waals surface area contributed by atoms with Gasteiger partial charge >= 0.3 is 6.18 Å². The van der Waals surface area contributed by atoms with E-state index in [0.717, 1.165) is 53.1 Å². The Morgan fingerprint density at radius 2 is 1.71 bits per heavy atom. The number of alkyl halides is 3. The van der Waals surface area contributed by atoms with E-state index >= 15 is 0 Å². The van der Waals surface area contributed by atoms with Gasteiger partial charge in [-0.2, -0.15) is 13.2 Å². The first kappa shape index (κ1) is 25.1. The largest absolute Gasteiger partial charge is 0.451 e. The number of aromatic nitrogens is 2. The van der Waals surface area contributed by atoms with E-state index in [9.17, 15) is 17.6 Å². The summed E-state index contributed by atoms with van der Waals surface area (Å²) in [5.41, 5.74) is 5.10. The number of aryl methyl sites for hydroxylation is 1. The van der Waals surface area contributed by atoms with Gasteiger partial charge < -0.3 is 5.32 Å². The van der Waals surface area contributed by atoms with Gasteiger partial charge in [0.2, 0.25) is 5.82 Å². The van der Waals surface area contributed by atoms with Crippen LogP contribution in [0.5, 0.6) is 0 Å². The van der Waals surface area contributed by atoms with Crippen molar-refractivity contribution in [2.24, 2.45) is 4.99 Å². The summed E-state index contributed by atoms with van der Waals surface area (Å²) in [5.74, 6) is -0.923. The Balaban J connectivity index is 1.98. The minimum atomic E-state index is -4.59. The van der Waals surface area contributed by atoms with Crippen molar-refractivity contribution in [2.75, 3.05) is 0 Å². The first-order chi connectivity index (χ1) is 16.2. The van der Waals surface area contributed by atoms with Gasteiger partial charge in [-0.1, -0.05) is 37.6 Å². The third-order valence-corrected chi connectivity index (χ3v) is 5.27. The predicted octanol–water partition coefficient (Wildman–Crippen LogP) is 6.77. The van der Waals surface area contributed by atoms with Crippen molar-refractivity contribution < 1.29 is 17.6 Å². The van der Waals surface area contributed by atoms with E-state index in [1.54, 1.807) is 12.1 Å². The zero-order valence-electron chi connectivity index (χ0n) is 19.2. The third kappa shape index (κ3) is 6.50. The fourth-order valence-electron chi connectivity index (χ4n) is 3.26. The normalized spacial score (nSPS) is 12.4. The molecule has 0 aliphatic rings. The molecule has 0 aliphatic heterocycles. The van der Waals surface area contributed by atoms with Crippen LogP contribution in [0.2, 0.25) is 0 Å². The summed E-state index contributed by atoms with van der Waals surface area (Å²) >= 11 is 0. The highest BCUT2D eigenvalue weighted by molar-refractivity contribution is 6.02. The van der Waals surface area contributed by atoms with E-state index in [1.807, 2.05) is 38.3 Å². The number of aliphatic imine (C=N–C) groups is 1. The average molecular weight is 471 g/mol. The zero-order valence-corrected chi connectivity index (χ0v) is 19.2. The number of amidine groups is 1. The van der Waals surface area contributed by atoms with Crippen LogP contribution in [0.15, 0.2) is 66.1 Å². The van der Waals surface area contributed by atoms with E-state index < -0.39 is 12.0 Å². The Morgan fingerprint density at radius 1 is 1.03 bits per heavy atom. The van der Waals surface area contributed by atoms with Crippen LogP contribution in [0, 0.1) is 19.7 Å². The molecule has 3 aromatic rings. The topological polar surface area (TPSA) is 50.2 Å². The first-order valence-corrected chi connectivity index (χ1v) is 10.9. The average Bonchev–Trinajstić information content (AvgIpc) is 2.81. The van der Waals surface area contributed by atoms with Gasteiger partial charge in [0.25, 0.3) is 0 Å². The molecule has 34 heavy (non-hydrogen) atoms. The second kappa shape index (κ2) is 11.0. The Kier molecular flexibility index (Phi) is 8.15. The lowest BCUT2D eigenvalue weighted by molar-refractivity contribution is -0.145. The highest BCUT2D eigenvalue weighted by atomic mass is 19.4. The minimum absolute atomic E-state index is 0.0986. The van der Waals surface area contributed by atoms with Crippen LogP contribution in [0.4, 0.5) is 17.6 Å². The molecule has 0 radical (unpaired) electrons. The van der Waals surface area contributed by atoms with E-state index in [0.29, 0.717) is 11.4 Å². The second-order valence-electron chi connectivity index (χ2n) is 7.89. The van der Waals surface area contributed by atoms with Gasteiger partial charge in [0.1, 0.15) is 11.7 Å². The first-order valence-electron chi connectivity index (χ1n) is 10.9. The molecule has 0 unspecified atom stereocenters. The van der Waals surface area contributed by atoms with Crippen molar-refractivity contribution >= 4 is 5.84 Å². The van der Waals surface area contributed by atoms with Gasteiger partial charge in [-0.3, -0.25) is 4.99 Å². The van der Waals surface area contributed by atoms with Crippen LogP contribution in [-0.2, 0) is 12.7 Å². The predicted molar refractivity (Wildman–Crippen MR) is 126 cm³/mol. The van der Waals surface area contributed by atoms with Gasteiger partial charge in [-0.15, -0.1) is 0 Å². The summed E-state index contributed by atoms with van der Waals surface area (Å²) in [7, 11) is 0. The quantitative estimate of drug-likeness (QED) is 0.236. The molecule has 0 bridgehead atoms. The third-order valence-electron chi connectivity index (χ3n) is 5.27. The molecule has 1 heterocycles. The van der Waals surface area contributed by atoms with Gasteiger partial charge in [-0.05, 0) is 66.9 Å². The number of nitrogens with one attached hydrogen (secondary N) is 1. The Labute approximate surface area is 196 Å². The van der Waals surface area contributed by atoms with E-state index in [1.165, 1.54) is 12.1 Å². The highest BCUT2D eigenvalue weighted by Crippen LogP contribution is 2.27. The fourth-order valence-corrected chi connectivity index (χ4v) is 3.26. The monoisotopic (exact) mass is 470 g/mol. The maximum absolute atomic E-state index is 13.4. The number of benzene rings is 2. The van der Waals surface area contributed by atoms with Crippen LogP contribution in [0.25, 0.3) is 11.1 Å². The molecule has 178 valence electrons. The molecular weight excluding hydrogens is 444 g/mol. The van der Waals surface area contributed by atoms with Crippen LogP contribution in [0.1, 0.15) is 47.8 Å². The number of hydrogen-bond donors (Lipinski definition) is 1. The van der Waals surface area contributed by atoms with E-state index in [2.05, 4.69) is 27.2 Å².